The zero-order chi connectivity index (χ0) is 12.7. The first-order valence-electron chi connectivity index (χ1n) is 6.23. The lowest BCUT2D eigenvalue weighted by Crippen LogP contribution is -2.26. The van der Waals surface area contributed by atoms with Crippen molar-refractivity contribution in [1.29, 1.82) is 0 Å². The number of likely N-dealkylation sites (N-methyl/N-ethyl adjacent to an activating group) is 1. The average molecular weight is 233 g/mol. The van der Waals surface area contributed by atoms with Gasteiger partial charge in [0.1, 0.15) is 5.82 Å². The Morgan fingerprint density at radius 1 is 1.41 bits per heavy atom. The third-order valence-corrected chi connectivity index (χ3v) is 2.51. The Morgan fingerprint density at radius 2 is 2.18 bits per heavy atom. The minimum absolute atomic E-state index is 0.828. The molecule has 3 heteroatoms. The van der Waals surface area contributed by atoms with Crippen molar-refractivity contribution in [2.75, 3.05) is 24.5 Å². The number of nitrogens with zero attached hydrogens (tertiary/aromatic N) is 2. The molecular weight excluding hydrogens is 210 g/mol. The van der Waals surface area contributed by atoms with Gasteiger partial charge in [-0.05, 0) is 32.5 Å². The quantitative estimate of drug-likeness (QED) is 0.734. The third-order valence-electron chi connectivity index (χ3n) is 2.51. The molecule has 3 nitrogen and oxygen atoms in total. The summed E-state index contributed by atoms with van der Waals surface area (Å²) in [6, 6.07) is 6.18. The van der Waals surface area contributed by atoms with Gasteiger partial charge in [0.05, 0.1) is 5.69 Å². The topological polar surface area (TPSA) is 28.2 Å². The molecule has 0 spiro atoms. The largest absolute Gasteiger partial charge is 0.353 e. The zero-order valence-electron chi connectivity index (χ0n) is 11.2. The van der Waals surface area contributed by atoms with Crippen molar-refractivity contribution in [2.45, 2.75) is 27.3 Å². The Labute approximate surface area is 105 Å². The van der Waals surface area contributed by atoms with Crippen LogP contribution in [-0.4, -0.2) is 24.6 Å². The van der Waals surface area contributed by atoms with Crippen molar-refractivity contribution in [1.82, 2.24) is 10.3 Å². The van der Waals surface area contributed by atoms with E-state index in [0.717, 1.165) is 43.3 Å². The fraction of sp³-hybridized carbons (Fsp3) is 0.500. The molecule has 0 unspecified atom stereocenters. The summed E-state index contributed by atoms with van der Waals surface area (Å²) in [5, 5.41) is 3.29. The van der Waals surface area contributed by atoms with Gasteiger partial charge in [0.15, 0.2) is 0 Å². The van der Waals surface area contributed by atoms with Crippen LogP contribution in [0, 0.1) is 0 Å². The second kappa shape index (κ2) is 7.07. The van der Waals surface area contributed by atoms with Gasteiger partial charge in [-0.3, -0.25) is 0 Å². The monoisotopic (exact) mass is 233 g/mol. The summed E-state index contributed by atoms with van der Waals surface area (Å²) in [6.07, 6.45) is 0. The van der Waals surface area contributed by atoms with E-state index in [1.165, 1.54) is 0 Å². The van der Waals surface area contributed by atoms with Gasteiger partial charge in [0.2, 0.25) is 0 Å². The second-order valence-corrected chi connectivity index (χ2v) is 4.24. The van der Waals surface area contributed by atoms with Gasteiger partial charge in [-0.15, -0.1) is 0 Å². The molecule has 0 saturated heterocycles. The summed E-state index contributed by atoms with van der Waals surface area (Å²) in [4.78, 5) is 6.89. The molecule has 0 amide bonds. The number of aromatic nitrogens is 1. The predicted octanol–water partition coefficient (Wildman–Crippen LogP) is 2.59. The lowest BCUT2D eigenvalue weighted by Gasteiger charge is -2.22. The number of hydrogen-bond donors (Lipinski definition) is 1. The molecule has 1 rings (SSSR count). The smallest absolute Gasteiger partial charge is 0.129 e. The van der Waals surface area contributed by atoms with E-state index in [-0.39, 0.29) is 0 Å². The Morgan fingerprint density at radius 3 is 2.76 bits per heavy atom. The van der Waals surface area contributed by atoms with Crippen LogP contribution in [0.15, 0.2) is 30.4 Å². The summed E-state index contributed by atoms with van der Waals surface area (Å²) in [5.74, 6) is 1.03. The fourth-order valence-electron chi connectivity index (χ4n) is 1.68. The van der Waals surface area contributed by atoms with Crippen molar-refractivity contribution in [3.63, 3.8) is 0 Å². The molecule has 1 N–H and O–H groups in total. The summed E-state index contributed by atoms with van der Waals surface area (Å²) in [5.41, 5.74) is 2.25. The lowest BCUT2D eigenvalue weighted by atomic mass is 10.3. The van der Waals surface area contributed by atoms with Crippen molar-refractivity contribution in [3.05, 3.63) is 36.0 Å². The molecule has 0 radical (unpaired) electrons. The average Bonchev–Trinajstić information content (AvgIpc) is 2.33. The van der Waals surface area contributed by atoms with E-state index in [9.17, 15) is 0 Å². The Balaban J connectivity index is 2.77. The minimum atomic E-state index is 0.828. The maximum Gasteiger partial charge on any atom is 0.129 e. The summed E-state index contributed by atoms with van der Waals surface area (Å²) in [7, 11) is 0. The molecule has 94 valence electrons. The van der Waals surface area contributed by atoms with E-state index in [0.29, 0.717) is 0 Å². The fourth-order valence-corrected chi connectivity index (χ4v) is 1.68. The van der Waals surface area contributed by atoms with Crippen molar-refractivity contribution < 1.29 is 0 Å². The molecule has 0 aliphatic heterocycles. The Hall–Kier alpha value is -1.35. The SMILES string of the molecule is C=C(C)CN(CC)c1cccc(CNCC)n1. The predicted molar refractivity (Wildman–Crippen MR) is 74.3 cm³/mol. The minimum Gasteiger partial charge on any atom is -0.353 e. The van der Waals surface area contributed by atoms with Crippen molar-refractivity contribution in [2.24, 2.45) is 0 Å². The molecule has 0 aromatic carbocycles. The Bertz CT molecular complexity index is 360. The van der Waals surface area contributed by atoms with Crippen LogP contribution in [0.2, 0.25) is 0 Å². The van der Waals surface area contributed by atoms with Crippen LogP contribution < -0.4 is 10.2 Å². The summed E-state index contributed by atoms with van der Waals surface area (Å²) in [6.45, 7) is 13.9. The number of pyridine rings is 1. The van der Waals surface area contributed by atoms with E-state index in [1.54, 1.807) is 0 Å². The molecular formula is C14H23N3. The summed E-state index contributed by atoms with van der Waals surface area (Å²) < 4.78 is 0. The lowest BCUT2D eigenvalue weighted by molar-refractivity contribution is 0.708. The molecule has 0 saturated carbocycles. The van der Waals surface area contributed by atoms with Crippen LogP contribution >= 0.6 is 0 Å². The highest BCUT2D eigenvalue weighted by molar-refractivity contribution is 5.40. The first kappa shape index (κ1) is 13.7. The van der Waals surface area contributed by atoms with E-state index in [4.69, 9.17) is 0 Å². The molecule has 0 fully saturated rings. The molecule has 1 heterocycles. The van der Waals surface area contributed by atoms with E-state index in [2.05, 4.69) is 53.8 Å². The van der Waals surface area contributed by atoms with Gasteiger partial charge in [-0.1, -0.05) is 25.1 Å². The van der Waals surface area contributed by atoms with Crippen LogP contribution in [0.25, 0.3) is 0 Å². The standard InChI is InChI=1S/C14H23N3/c1-5-15-10-13-8-7-9-14(16-13)17(6-2)11-12(3)4/h7-9,15H,3,5-6,10-11H2,1-2,4H3. The Kier molecular flexibility index (Phi) is 5.70. The van der Waals surface area contributed by atoms with Crippen molar-refractivity contribution >= 4 is 5.82 Å². The molecule has 17 heavy (non-hydrogen) atoms. The summed E-state index contributed by atoms with van der Waals surface area (Å²) >= 11 is 0. The van der Waals surface area contributed by atoms with Gasteiger partial charge in [-0.25, -0.2) is 4.98 Å². The molecule has 0 bridgehead atoms. The highest BCUT2D eigenvalue weighted by Crippen LogP contribution is 2.12. The first-order chi connectivity index (χ1) is 8.17. The molecule has 0 atom stereocenters. The first-order valence-corrected chi connectivity index (χ1v) is 6.23. The highest BCUT2D eigenvalue weighted by atomic mass is 15.2. The number of anilines is 1. The van der Waals surface area contributed by atoms with E-state index < -0.39 is 0 Å². The molecule has 1 aromatic rings. The van der Waals surface area contributed by atoms with E-state index in [1.807, 2.05) is 6.92 Å². The van der Waals surface area contributed by atoms with Gasteiger partial charge >= 0.3 is 0 Å². The number of nitrogens with one attached hydrogen (secondary N) is 1. The zero-order valence-corrected chi connectivity index (χ0v) is 11.2. The van der Waals surface area contributed by atoms with Gasteiger partial charge in [-0.2, -0.15) is 0 Å². The number of hydrogen-bond acceptors (Lipinski definition) is 3. The van der Waals surface area contributed by atoms with Crippen LogP contribution in [0.5, 0.6) is 0 Å². The number of rotatable bonds is 7. The van der Waals surface area contributed by atoms with Crippen LogP contribution in [-0.2, 0) is 6.54 Å². The molecule has 0 aliphatic rings. The van der Waals surface area contributed by atoms with Gasteiger partial charge in [0, 0.05) is 19.6 Å². The van der Waals surface area contributed by atoms with Crippen molar-refractivity contribution in [3.8, 4) is 0 Å². The van der Waals surface area contributed by atoms with Crippen LogP contribution in [0.4, 0.5) is 5.82 Å². The maximum atomic E-state index is 4.66. The van der Waals surface area contributed by atoms with Gasteiger partial charge < -0.3 is 10.2 Å². The third kappa shape index (κ3) is 4.57. The van der Waals surface area contributed by atoms with Gasteiger partial charge in [0.25, 0.3) is 0 Å². The molecule has 0 aliphatic carbocycles. The molecule has 1 aromatic heterocycles. The normalized spacial score (nSPS) is 10.3. The van der Waals surface area contributed by atoms with Crippen LogP contribution in [0.1, 0.15) is 26.5 Å². The highest BCUT2D eigenvalue weighted by Gasteiger charge is 2.06. The second-order valence-electron chi connectivity index (χ2n) is 4.24. The van der Waals surface area contributed by atoms with E-state index >= 15 is 0 Å². The maximum absolute atomic E-state index is 4.66. The van der Waals surface area contributed by atoms with Crippen LogP contribution in [0.3, 0.4) is 0 Å².